The summed E-state index contributed by atoms with van der Waals surface area (Å²) in [6, 6.07) is 13.2. The topological polar surface area (TPSA) is 67.9 Å². The van der Waals surface area contributed by atoms with Gasteiger partial charge in [0.15, 0.2) is 11.5 Å². The number of fused-ring (bicyclic) bond motifs is 1. The molecular formula is C21H22N2O4. The zero-order chi connectivity index (χ0) is 19.0. The van der Waals surface area contributed by atoms with Gasteiger partial charge < -0.3 is 19.7 Å². The molecule has 6 heteroatoms. The van der Waals surface area contributed by atoms with Crippen LogP contribution in [-0.4, -0.2) is 25.2 Å². The highest BCUT2D eigenvalue weighted by Gasteiger charge is 2.36. The van der Waals surface area contributed by atoms with Gasteiger partial charge in [0.1, 0.15) is 0 Å². The van der Waals surface area contributed by atoms with Crippen molar-refractivity contribution in [1.82, 2.24) is 0 Å². The first-order valence-corrected chi connectivity index (χ1v) is 9.12. The molecule has 140 valence electrons. The van der Waals surface area contributed by atoms with Gasteiger partial charge >= 0.3 is 0 Å². The molecule has 1 unspecified atom stereocenters. The molecular weight excluding hydrogens is 344 g/mol. The van der Waals surface area contributed by atoms with E-state index in [0.717, 1.165) is 16.9 Å². The van der Waals surface area contributed by atoms with Gasteiger partial charge in [0.25, 0.3) is 0 Å². The lowest BCUT2D eigenvalue weighted by Crippen LogP contribution is -2.28. The van der Waals surface area contributed by atoms with E-state index in [-0.39, 0.29) is 30.9 Å². The Morgan fingerprint density at radius 1 is 1.15 bits per heavy atom. The van der Waals surface area contributed by atoms with E-state index in [9.17, 15) is 9.59 Å². The number of nitrogens with one attached hydrogen (secondary N) is 1. The van der Waals surface area contributed by atoms with Crippen molar-refractivity contribution < 1.29 is 19.1 Å². The van der Waals surface area contributed by atoms with E-state index >= 15 is 0 Å². The fourth-order valence-electron chi connectivity index (χ4n) is 3.53. The van der Waals surface area contributed by atoms with Gasteiger partial charge in [0, 0.05) is 30.4 Å². The number of anilines is 2. The second-order valence-corrected chi connectivity index (χ2v) is 7.17. The molecule has 4 rings (SSSR count). The summed E-state index contributed by atoms with van der Waals surface area (Å²) in [4.78, 5) is 26.9. The Kier molecular flexibility index (Phi) is 4.48. The summed E-state index contributed by atoms with van der Waals surface area (Å²) in [6.07, 6.45) is 0.199. The fourth-order valence-corrected chi connectivity index (χ4v) is 3.53. The van der Waals surface area contributed by atoms with Crippen molar-refractivity contribution in [3.05, 3.63) is 48.0 Å². The Morgan fingerprint density at radius 2 is 1.93 bits per heavy atom. The Bertz CT molecular complexity index is 894. The van der Waals surface area contributed by atoms with Crippen LogP contribution in [0, 0.1) is 5.92 Å². The Hall–Kier alpha value is -3.02. The quantitative estimate of drug-likeness (QED) is 0.899. The van der Waals surface area contributed by atoms with Crippen LogP contribution in [0.1, 0.15) is 31.7 Å². The predicted octanol–water partition coefficient (Wildman–Crippen LogP) is 3.53. The summed E-state index contributed by atoms with van der Waals surface area (Å²) in [7, 11) is 0. The van der Waals surface area contributed by atoms with Gasteiger partial charge in [-0.2, -0.15) is 0 Å². The molecule has 1 saturated heterocycles. The molecule has 2 aromatic carbocycles. The fraction of sp³-hybridized carbons (Fsp3) is 0.333. The second kappa shape index (κ2) is 6.95. The number of rotatable bonds is 4. The third-order valence-corrected chi connectivity index (χ3v) is 5.00. The van der Waals surface area contributed by atoms with E-state index in [0.29, 0.717) is 24.0 Å². The molecule has 1 atom stereocenters. The van der Waals surface area contributed by atoms with Crippen LogP contribution in [0.25, 0.3) is 0 Å². The van der Waals surface area contributed by atoms with E-state index in [2.05, 4.69) is 19.2 Å². The van der Waals surface area contributed by atoms with E-state index < -0.39 is 0 Å². The van der Waals surface area contributed by atoms with E-state index in [4.69, 9.17) is 9.47 Å². The van der Waals surface area contributed by atoms with Crippen molar-refractivity contribution in [2.75, 3.05) is 23.6 Å². The van der Waals surface area contributed by atoms with Crippen molar-refractivity contribution in [1.29, 1.82) is 0 Å². The zero-order valence-corrected chi connectivity index (χ0v) is 15.4. The lowest BCUT2D eigenvalue weighted by molar-refractivity contribution is -0.122. The maximum Gasteiger partial charge on any atom is 0.231 e. The van der Waals surface area contributed by atoms with E-state index in [1.807, 2.05) is 30.3 Å². The van der Waals surface area contributed by atoms with Crippen LogP contribution < -0.4 is 19.7 Å². The molecule has 2 heterocycles. The molecule has 6 nitrogen and oxygen atoms in total. The molecule has 27 heavy (non-hydrogen) atoms. The van der Waals surface area contributed by atoms with Gasteiger partial charge in [-0.15, -0.1) is 0 Å². The lowest BCUT2D eigenvalue weighted by Gasteiger charge is -2.18. The number of nitrogens with zero attached hydrogens (tertiary/aromatic N) is 1. The molecule has 0 spiro atoms. The maximum atomic E-state index is 12.8. The minimum atomic E-state index is -0.386. The van der Waals surface area contributed by atoms with Crippen molar-refractivity contribution in [2.45, 2.75) is 26.2 Å². The zero-order valence-electron chi connectivity index (χ0n) is 15.4. The Morgan fingerprint density at radius 3 is 2.74 bits per heavy atom. The van der Waals surface area contributed by atoms with Gasteiger partial charge in [0.2, 0.25) is 18.6 Å². The number of carbonyl (C=O) groups excluding carboxylic acids is 2. The maximum absolute atomic E-state index is 12.8. The van der Waals surface area contributed by atoms with E-state index in [1.54, 1.807) is 17.0 Å². The number of benzene rings is 2. The normalized spacial score (nSPS) is 18.3. The van der Waals surface area contributed by atoms with Crippen molar-refractivity contribution in [3.8, 4) is 11.5 Å². The molecule has 0 saturated carbocycles. The molecule has 1 fully saturated rings. The molecule has 2 amide bonds. The van der Waals surface area contributed by atoms with Gasteiger partial charge in [-0.25, -0.2) is 0 Å². The molecule has 2 aromatic rings. The summed E-state index contributed by atoms with van der Waals surface area (Å²) in [6.45, 7) is 4.72. The summed E-state index contributed by atoms with van der Waals surface area (Å²) >= 11 is 0. The van der Waals surface area contributed by atoms with Crippen molar-refractivity contribution in [3.63, 3.8) is 0 Å². The average molecular weight is 366 g/mol. The lowest BCUT2D eigenvalue weighted by atomic mass is 10.0. The van der Waals surface area contributed by atoms with Crippen LogP contribution in [0.15, 0.2) is 42.5 Å². The second-order valence-electron chi connectivity index (χ2n) is 7.17. The molecule has 0 aliphatic carbocycles. The average Bonchev–Trinajstić information content (AvgIpc) is 3.27. The predicted molar refractivity (Wildman–Crippen MR) is 102 cm³/mol. The number of ether oxygens (including phenoxy) is 2. The standard InChI is InChI=1S/C21H22N2O4/c1-13(2)16-5-3-4-6-17(16)22-21(25)14-9-20(24)23(11-14)15-7-8-18-19(10-15)27-12-26-18/h3-8,10,13-14H,9,11-12H2,1-2H3,(H,22,25). The summed E-state index contributed by atoms with van der Waals surface area (Å²) < 4.78 is 10.7. The minimum Gasteiger partial charge on any atom is -0.454 e. The number of hydrogen-bond donors (Lipinski definition) is 1. The summed E-state index contributed by atoms with van der Waals surface area (Å²) in [5.41, 5.74) is 2.62. The molecule has 2 aliphatic heterocycles. The number of carbonyl (C=O) groups is 2. The summed E-state index contributed by atoms with van der Waals surface area (Å²) in [5.74, 6) is 1.02. The Balaban J connectivity index is 1.48. The SMILES string of the molecule is CC(C)c1ccccc1NC(=O)C1CC(=O)N(c2ccc3c(c2)OCO3)C1. The van der Waals surface area contributed by atoms with Crippen LogP contribution in [0.5, 0.6) is 11.5 Å². The van der Waals surface area contributed by atoms with Gasteiger partial charge in [-0.05, 0) is 29.7 Å². The Labute approximate surface area is 158 Å². The third-order valence-electron chi connectivity index (χ3n) is 5.00. The van der Waals surface area contributed by atoms with Crippen LogP contribution in [0.2, 0.25) is 0 Å². The van der Waals surface area contributed by atoms with Crippen LogP contribution in [0.4, 0.5) is 11.4 Å². The smallest absolute Gasteiger partial charge is 0.231 e. The number of hydrogen-bond acceptors (Lipinski definition) is 4. The van der Waals surface area contributed by atoms with Crippen molar-refractivity contribution in [2.24, 2.45) is 5.92 Å². The summed E-state index contributed by atoms with van der Waals surface area (Å²) in [5, 5.41) is 3.01. The van der Waals surface area contributed by atoms with Gasteiger partial charge in [0.05, 0.1) is 5.92 Å². The highest BCUT2D eigenvalue weighted by atomic mass is 16.7. The molecule has 0 aromatic heterocycles. The van der Waals surface area contributed by atoms with Crippen LogP contribution >= 0.6 is 0 Å². The first kappa shape index (κ1) is 17.4. The van der Waals surface area contributed by atoms with E-state index in [1.165, 1.54) is 0 Å². The molecule has 0 radical (unpaired) electrons. The highest BCUT2D eigenvalue weighted by Crippen LogP contribution is 2.37. The van der Waals surface area contributed by atoms with Crippen LogP contribution in [0.3, 0.4) is 0 Å². The molecule has 1 N–H and O–H groups in total. The number of amides is 2. The largest absolute Gasteiger partial charge is 0.454 e. The van der Waals surface area contributed by atoms with Crippen LogP contribution in [-0.2, 0) is 9.59 Å². The monoisotopic (exact) mass is 366 g/mol. The third kappa shape index (κ3) is 3.35. The minimum absolute atomic E-state index is 0.0637. The first-order chi connectivity index (χ1) is 13.0. The van der Waals surface area contributed by atoms with Gasteiger partial charge in [-0.1, -0.05) is 32.0 Å². The van der Waals surface area contributed by atoms with Gasteiger partial charge in [-0.3, -0.25) is 9.59 Å². The molecule has 2 aliphatic rings. The molecule has 0 bridgehead atoms. The number of para-hydroxylation sites is 1. The highest BCUT2D eigenvalue weighted by molar-refractivity contribution is 6.03. The van der Waals surface area contributed by atoms with Crippen molar-refractivity contribution >= 4 is 23.2 Å². The first-order valence-electron chi connectivity index (χ1n) is 9.12.